The highest BCUT2D eigenvalue weighted by atomic mass is 32.2. The predicted molar refractivity (Wildman–Crippen MR) is 125 cm³/mol. The number of anilines is 1. The lowest BCUT2D eigenvalue weighted by molar-refractivity contribution is -0.125. The first kappa shape index (κ1) is 23.0. The van der Waals surface area contributed by atoms with Crippen molar-refractivity contribution in [3.05, 3.63) is 65.7 Å². The highest BCUT2D eigenvalue weighted by Gasteiger charge is 2.13. The van der Waals surface area contributed by atoms with Gasteiger partial charge in [-0.15, -0.1) is 0 Å². The number of carbonyl (C=O) groups is 1. The topological polar surface area (TPSA) is 69.7 Å². The molecule has 1 heterocycles. The molecule has 3 rings (SSSR count). The number of sulfonamides is 1. The molecule has 1 aliphatic rings. The maximum absolute atomic E-state index is 12.5. The zero-order valence-electron chi connectivity index (χ0n) is 18.3. The molecule has 0 unspecified atom stereocenters. The van der Waals surface area contributed by atoms with Gasteiger partial charge in [-0.05, 0) is 60.7 Å². The van der Waals surface area contributed by atoms with Gasteiger partial charge in [-0.1, -0.05) is 31.2 Å². The number of carbonyl (C=O) groups excluding carboxylic acids is 1. The van der Waals surface area contributed by atoms with Gasteiger partial charge in [0.1, 0.15) is 0 Å². The van der Waals surface area contributed by atoms with Crippen LogP contribution in [-0.2, 0) is 21.4 Å². The van der Waals surface area contributed by atoms with Crippen molar-refractivity contribution in [2.75, 3.05) is 31.6 Å². The molecule has 1 fully saturated rings. The van der Waals surface area contributed by atoms with Gasteiger partial charge in [-0.3, -0.25) is 4.79 Å². The van der Waals surface area contributed by atoms with Crippen molar-refractivity contribution in [3.63, 3.8) is 0 Å². The van der Waals surface area contributed by atoms with Crippen LogP contribution < -0.4 is 9.62 Å². The summed E-state index contributed by atoms with van der Waals surface area (Å²) in [6.07, 6.45) is 7.02. The smallest absolute Gasteiger partial charge is 0.246 e. The molecule has 6 nitrogen and oxygen atoms in total. The van der Waals surface area contributed by atoms with E-state index in [9.17, 15) is 13.2 Å². The molecule has 0 bridgehead atoms. The summed E-state index contributed by atoms with van der Waals surface area (Å²) in [5, 5.41) is 0. The van der Waals surface area contributed by atoms with Crippen LogP contribution in [0.3, 0.4) is 0 Å². The Morgan fingerprint density at radius 1 is 1.03 bits per heavy atom. The fourth-order valence-corrected chi connectivity index (χ4v) is 4.68. The number of hydrogen-bond acceptors (Lipinski definition) is 4. The molecule has 0 aromatic heterocycles. The summed E-state index contributed by atoms with van der Waals surface area (Å²) in [5.74, 6) is -0.107. The van der Waals surface area contributed by atoms with Crippen molar-refractivity contribution < 1.29 is 13.2 Å². The first-order valence-electron chi connectivity index (χ1n) is 10.8. The van der Waals surface area contributed by atoms with Crippen LogP contribution in [0.2, 0.25) is 0 Å². The Labute approximate surface area is 185 Å². The highest BCUT2D eigenvalue weighted by Crippen LogP contribution is 2.20. The predicted octanol–water partition coefficient (Wildman–Crippen LogP) is 3.65. The Kier molecular flexibility index (Phi) is 7.87. The van der Waals surface area contributed by atoms with E-state index in [1.54, 1.807) is 37.1 Å². The number of nitrogens with one attached hydrogen (secondary N) is 1. The summed E-state index contributed by atoms with van der Waals surface area (Å²) in [7, 11) is -1.69. The molecule has 1 saturated heterocycles. The van der Waals surface area contributed by atoms with E-state index in [4.69, 9.17) is 0 Å². The third-order valence-corrected chi connectivity index (χ3v) is 6.96. The fraction of sp³-hybridized carbons (Fsp3) is 0.375. The van der Waals surface area contributed by atoms with Crippen LogP contribution in [0, 0.1) is 0 Å². The van der Waals surface area contributed by atoms with Crippen LogP contribution in [-0.4, -0.2) is 45.9 Å². The quantitative estimate of drug-likeness (QED) is 0.635. The van der Waals surface area contributed by atoms with Gasteiger partial charge >= 0.3 is 0 Å². The van der Waals surface area contributed by atoms with Gasteiger partial charge in [0.05, 0.1) is 4.90 Å². The number of rotatable bonds is 8. The minimum absolute atomic E-state index is 0.107. The zero-order valence-corrected chi connectivity index (χ0v) is 19.1. The van der Waals surface area contributed by atoms with Crippen LogP contribution in [0.4, 0.5) is 5.69 Å². The molecule has 31 heavy (non-hydrogen) atoms. The van der Waals surface area contributed by atoms with Crippen LogP contribution >= 0.6 is 0 Å². The van der Waals surface area contributed by atoms with Crippen LogP contribution in [0.1, 0.15) is 37.3 Å². The SMILES string of the molecule is CCNS(=O)(=O)c1ccc(/C=C/C(=O)N(C)Cc2ccc(N3CCCCC3)cc2)cc1. The molecule has 2 aromatic rings. The van der Waals surface area contributed by atoms with E-state index in [0.29, 0.717) is 13.1 Å². The second kappa shape index (κ2) is 10.6. The summed E-state index contributed by atoms with van der Waals surface area (Å²) in [4.78, 5) is 16.8. The summed E-state index contributed by atoms with van der Waals surface area (Å²) >= 11 is 0. The normalized spacial score (nSPS) is 14.7. The number of piperidine rings is 1. The van der Waals surface area contributed by atoms with Crippen LogP contribution in [0.25, 0.3) is 6.08 Å². The minimum atomic E-state index is -3.47. The number of likely N-dealkylation sites (N-methyl/N-ethyl adjacent to an activating group) is 1. The minimum Gasteiger partial charge on any atom is -0.372 e. The van der Waals surface area contributed by atoms with Crippen LogP contribution in [0.5, 0.6) is 0 Å². The number of amides is 1. The maximum Gasteiger partial charge on any atom is 0.246 e. The van der Waals surface area contributed by atoms with Gasteiger partial charge in [-0.2, -0.15) is 0 Å². The molecule has 0 atom stereocenters. The molecule has 166 valence electrons. The lowest BCUT2D eigenvalue weighted by Crippen LogP contribution is -2.29. The molecule has 0 aliphatic carbocycles. The number of nitrogens with zero attached hydrogens (tertiary/aromatic N) is 2. The number of benzene rings is 2. The van der Waals surface area contributed by atoms with E-state index in [1.807, 2.05) is 0 Å². The molecule has 0 spiro atoms. The van der Waals surface area contributed by atoms with Crippen molar-refractivity contribution in [3.8, 4) is 0 Å². The van der Waals surface area contributed by atoms with Gasteiger partial charge < -0.3 is 9.80 Å². The van der Waals surface area contributed by atoms with Crippen molar-refractivity contribution in [2.45, 2.75) is 37.6 Å². The standard InChI is InChI=1S/C24H31N3O3S/c1-3-25-31(29,30)23-14-9-20(10-15-23)11-16-24(28)26(2)19-21-7-12-22(13-8-21)27-17-5-4-6-18-27/h7-16,25H,3-6,17-19H2,1-2H3/b16-11+. The Morgan fingerprint density at radius 3 is 2.29 bits per heavy atom. The Balaban J connectivity index is 1.55. The Hall–Kier alpha value is -2.64. The van der Waals surface area contributed by atoms with E-state index in [-0.39, 0.29) is 10.8 Å². The number of hydrogen-bond donors (Lipinski definition) is 1. The van der Waals surface area contributed by atoms with Crippen LogP contribution in [0.15, 0.2) is 59.5 Å². The summed E-state index contributed by atoms with van der Waals surface area (Å²) in [6.45, 7) is 4.84. The molecule has 0 saturated carbocycles. The monoisotopic (exact) mass is 441 g/mol. The molecule has 1 aliphatic heterocycles. The third kappa shape index (κ3) is 6.42. The lowest BCUT2D eigenvalue weighted by atomic mass is 10.1. The third-order valence-electron chi connectivity index (χ3n) is 5.40. The van der Waals surface area contributed by atoms with E-state index in [1.165, 1.54) is 43.2 Å². The lowest BCUT2D eigenvalue weighted by Gasteiger charge is -2.29. The molecule has 1 amide bonds. The van der Waals surface area contributed by atoms with E-state index in [0.717, 1.165) is 24.2 Å². The molecule has 0 radical (unpaired) electrons. The van der Waals surface area contributed by atoms with E-state index in [2.05, 4.69) is 33.9 Å². The van der Waals surface area contributed by atoms with Gasteiger partial charge in [0.15, 0.2) is 0 Å². The van der Waals surface area contributed by atoms with Gasteiger partial charge in [-0.25, -0.2) is 13.1 Å². The summed E-state index contributed by atoms with van der Waals surface area (Å²) in [6, 6.07) is 14.9. The summed E-state index contributed by atoms with van der Waals surface area (Å²) in [5.41, 5.74) is 3.10. The van der Waals surface area contributed by atoms with Crippen molar-refractivity contribution >= 4 is 27.7 Å². The van der Waals surface area contributed by atoms with Crippen molar-refractivity contribution in [1.82, 2.24) is 9.62 Å². The second-order valence-electron chi connectivity index (χ2n) is 7.81. The average Bonchev–Trinajstić information content (AvgIpc) is 2.79. The van der Waals surface area contributed by atoms with Gasteiger partial charge in [0.25, 0.3) is 0 Å². The zero-order chi connectivity index (χ0) is 22.3. The average molecular weight is 442 g/mol. The van der Waals surface area contributed by atoms with E-state index < -0.39 is 10.0 Å². The first-order valence-corrected chi connectivity index (χ1v) is 12.2. The Bertz CT molecular complexity index is 993. The van der Waals surface area contributed by atoms with Gasteiger partial charge in [0, 0.05) is 45.0 Å². The largest absolute Gasteiger partial charge is 0.372 e. The second-order valence-corrected chi connectivity index (χ2v) is 9.58. The van der Waals surface area contributed by atoms with E-state index >= 15 is 0 Å². The van der Waals surface area contributed by atoms with Gasteiger partial charge in [0.2, 0.25) is 15.9 Å². The summed E-state index contributed by atoms with van der Waals surface area (Å²) < 4.78 is 26.4. The molecule has 1 N–H and O–H groups in total. The molecule has 7 heteroatoms. The van der Waals surface area contributed by atoms with Crippen molar-refractivity contribution in [2.24, 2.45) is 0 Å². The molecule has 2 aromatic carbocycles. The maximum atomic E-state index is 12.5. The highest BCUT2D eigenvalue weighted by molar-refractivity contribution is 7.89. The first-order chi connectivity index (χ1) is 14.9. The fourth-order valence-electron chi connectivity index (χ4n) is 3.64. The molecular formula is C24H31N3O3S. The Morgan fingerprint density at radius 2 is 1.68 bits per heavy atom. The van der Waals surface area contributed by atoms with Crippen molar-refractivity contribution in [1.29, 1.82) is 0 Å². The molecular weight excluding hydrogens is 410 g/mol.